The first-order chi connectivity index (χ1) is 18.0. The molecule has 14 nitrogen and oxygen atoms in total. The lowest BCUT2D eigenvalue weighted by atomic mass is 9.88. The second-order valence-corrected chi connectivity index (χ2v) is 10.6. The third kappa shape index (κ3) is 7.81. The van der Waals surface area contributed by atoms with Crippen molar-refractivity contribution in [3.8, 4) is 0 Å². The van der Waals surface area contributed by atoms with E-state index in [9.17, 15) is 36.3 Å². The number of Topliss-reactive ketones (excluding diaryl/α,β-unsaturated/α-hetero) is 1. The zero-order valence-electron chi connectivity index (χ0n) is 19.4. The maximum atomic E-state index is 13.1. The quantitative estimate of drug-likeness (QED) is 0.0622. The molecule has 0 aliphatic rings. The Kier molecular flexibility index (Phi) is 9.90. The number of aliphatic imine (C=N–C) groups is 1. The lowest BCUT2D eigenvalue weighted by molar-refractivity contribution is -0.192. The minimum absolute atomic E-state index is 0.0808. The van der Waals surface area contributed by atoms with Crippen molar-refractivity contribution in [3.63, 3.8) is 0 Å². The third-order valence-electron chi connectivity index (χ3n) is 4.71. The van der Waals surface area contributed by atoms with Gasteiger partial charge in [0.2, 0.25) is 5.78 Å². The molecule has 0 spiro atoms. The number of rotatable bonds is 10. The number of carboxylic acids is 2. The Labute approximate surface area is 225 Å². The Morgan fingerprint density at radius 2 is 1.72 bits per heavy atom. The molecule has 0 saturated carbocycles. The summed E-state index contributed by atoms with van der Waals surface area (Å²) in [6.07, 6.45) is -5.22. The van der Waals surface area contributed by atoms with E-state index in [1.165, 1.54) is 23.6 Å². The number of nitrogens with zero attached hydrogens (tertiary/aromatic N) is 3. The molecule has 1 aromatic carbocycles. The molecule has 0 aliphatic heterocycles. The fourth-order valence-electron chi connectivity index (χ4n) is 2.85. The predicted octanol–water partition coefficient (Wildman–Crippen LogP) is 1.21. The Morgan fingerprint density at radius 3 is 2.28 bits per heavy atom. The van der Waals surface area contributed by atoms with E-state index in [1.807, 2.05) is 0 Å². The molecule has 0 saturated heterocycles. The molecule has 0 radical (unpaired) electrons. The van der Waals surface area contributed by atoms with Gasteiger partial charge in [-0.15, -0.1) is 11.3 Å². The molecular formula is C19H20F3N7O7S3. The first-order valence-electron chi connectivity index (χ1n) is 10.2. The molecule has 212 valence electrons. The number of alkyl halides is 3. The minimum Gasteiger partial charge on any atom is -0.480 e. The number of aliphatic carboxylic acids is 2. The van der Waals surface area contributed by atoms with Crippen molar-refractivity contribution in [2.24, 2.45) is 22.2 Å². The summed E-state index contributed by atoms with van der Waals surface area (Å²) in [5, 5.41) is 18.2. The number of halogens is 3. The van der Waals surface area contributed by atoms with Crippen molar-refractivity contribution in [1.29, 1.82) is 0 Å². The smallest absolute Gasteiger partial charge is 0.480 e. The molecule has 9 N–H and O–H groups in total. The van der Waals surface area contributed by atoms with Crippen molar-refractivity contribution in [3.05, 3.63) is 34.5 Å². The number of aromatic nitrogens is 2. The number of fused-ring (bicyclic) bond motifs is 1. The maximum Gasteiger partial charge on any atom is 0.490 e. The van der Waals surface area contributed by atoms with Crippen LogP contribution in [0.4, 0.5) is 18.9 Å². The summed E-state index contributed by atoms with van der Waals surface area (Å²) in [6.45, 7) is 0.0808. The van der Waals surface area contributed by atoms with Crippen molar-refractivity contribution >= 4 is 73.5 Å². The van der Waals surface area contributed by atoms with Crippen LogP contribution in [0.2, 0.25) is 0 Å². The van der Waals surface area contributed by atoms with E-state index in [4.69, 9.17) is 27.1 Å². The van der Waals surface area contributed by atoms with E-state index in [2.05, 4.69) is 18.5 Å². The average molecular weight is 612 g/mol. The number of ketones is 1. The van der Waals surface area contributed by atoms with Crippen LogP contribution >= 0.6 is 23.1 Å². The molecule has 2 heterocycles. The predicted molar refractivity (Wildman–Crippen MR) is 135 cm³/mol. The Balaban J connectivity index is 0.000000673. The van der Waals surface area contributed by atoms with Gasteiger partial charge in [-0.25, -0.2) is 18.0 Å². The number of hydrogen-bond donors (Lipinski definition) is 6. The lowest BCUT2D eigenvalue weighted by Crippen LogP contribution is -2.55. The zero-order chi connectivity index (χ0) is 29.6. The highest BCUT2D eigenvalue weighted by atomic mass is 32.2. The van der Waals surface area contributed by atoms with Crippen molar-refractivity contribution < 1.29 is 46.2 Å². The molecule has 2 aromatic heterocycles. The largest absolute Gasteiger partial charge is 0.490 e. The molecule has 20 heteroatoms. The first kappa shape index (κ1) is 31.3. The number of thiophene rings is 1. The van der Waals surface area contributed by atoms with Crippen molar-refractivity contribution in [2.45, 2.75) is 29.5 Å². The summed E-state index contributed by atoms with van der Waals surface area (Å²) in [5.74, 6) is -5.41. The topological polar surface area (TPSA) is 254 Å². The number of anilines is 1. The van der Waals surface area contributed by atoms with Crippen LogP contribution in [-0.2, 0) is 19.6 Å². The van der Waals surface area contributed by atoms with Crippen LogP contribution in [0.1, 0.15) is 22.5 Å². The number of sulfonamides is 1. The number of hydrogen-bond acceptors (Lipinski definition) is 11. The molecule has 1 atom stereocenters. The number of carbonyl (C=O) groups is 3. The highest BCUT2D eigenvalue weighted by molar-refractivity contribution is 7.93. The number of nitrogens with one attached hydrogen (secondary N) is 1. The molecule has 0 fully saturated rings. The zero-order valence-corrected chi connectivity index (χ0v) is 21.8. The molecule has 0 unspecified atom stereocenters. The second-order valence-electron chi connectivity index (χ2n) is 7.48. The minimum atomic E-state index is -5.08. The van der Waals surface area contributed by atoms with Gasteiger partial charge < -0.3 is 27.4 Å². The van der Waals surface area contributed by atoms with Gasteiger partial charge in [0.15, 0.2) is 11.5 Å². The van der Waals surface area contributed by atoms with Crippen LogP contribution in [0.5, 0.6) is 0 Å². The van der Waals surface area contributed by atoms with Crippen LogP contribution in [0.15, 0.2) is 39.5 Å². The van der Waals surface area contributed by atoms with E-state index >= 15 is 0 Å². The summed E-state index contributed by atoms with van der Waals surface area (Å²) in [5.41, 5.74) is 14.6. The van der Waals surface area contributed by atoms with Crippen LogP contribution in [0.3, 0.4) is 0 Å². The van der Waals surface area contributed by atoms with Gasteiger partial charge in [0.25, 0.3) is 10.0 Å². The molecule has 3 rings (SSSR count). The molecule has 0 aliphatic carbocycles. The van der Waals surface area contributed by atoms with Gasteiger partial charge >= 0.3 is 18.1 Å². The average Bonchev–Trinajstić information content (AvgIpc) is 3.49. The van der Waals surface area contributed by atoms with E-state index in [-0.39, 0.29) is 46.3 Å². The SMILES string of the molecule is NC(N)=NCCC[C@](N)(C(=O)O)C(=O)c1sccc1NS(=O)(=O)c1cccc2nsnc12.O=C(O)C(F)(F)F. The Hall–Kier alpha value is -3.88. The van der Waals surface area contributed by atoms with E-state index in [0.29, 0.717) is 5.52 Å². The third-order valence-corrected chi connectivity index (χ3v) is 7.56. The fourth-order valence-corrected chi connectivity index (χ4v) is 5.63. The molecular weight excluding hydrogens is 591 g/mol. The number of nitrogens with two attached hydrogens (primary N) is 3. The summed E-state index contributed by atoms with van der Waals surface area (Å²) < 4.78 is 68.0. The number of carboxylic acid groups (broad SMARTS) is 2. The monoisotopic (exact) mass is 611 g/mol. The second kappa shape index (κ2) is 12.3. The molecule has 3 aromatic rings. The van der Waals surface area contributed by atoms with E-state index in [1.54, 1.807) is 6.07 Å². The standard InChI is InChI=1S/C17H19N7O5S3.C2HF3O2/c18-16(19)21-7-2-6-17(20,15(26)27)14(25)13-10(5-8-30-13)24-32(28,29)11-4-1-3-9-12(11)23-31-22-9;3-2(4,5)1(6)7/h1,3-5,8,24H,2,6-7,20H2,(H,26,27)(H4,18,19,21);(H,6,7)/t17-;/m1./s1. The normalized spacial score (nSPS) is 13.0. The highest BCUT2D eigenvalue weighted by Crippen LogP contribution is 2.31. The molecule has 0 amide bonds. The van der Waals surface area contributed by atoms with Crippen LogP contribution in [-0.4, -0.2) is 69.3 Å². The van der Waals surface area contributed by atoms with Crippen LogP contribution in [0.25, 0.3) is 11.0 Å². The van der Waals surface area contributed by atoms with E-state index < -0.39 is 39.5 Å². The van der Waals surface area contributed by atoms with Gasteiger partial charge in [0, 0.05) is 6.54 Å². The van der Waals surface area contributed by atoms with Crippen LogP contribution in [0, 0.1) is 0 Å². The molecule has 0 bridgehead atoms. The number of guanidine groups is 1. The fraction of sp³-hybridized carbons (Fsp3) is 0.263. The first-order valence-corrected chi connectivity index (χ1v) is 13.3. The Morgan fingerprint density at radius 1 is 1.08 bits per heavy atom. The van der Waals surface area contributed by atoms with Crippen molar-refractivity contribution in [2.75, 3.05) is 11.3 Å². The van der Waals surface area contributed by atoms with E-state index in [0.717, 1.165) is 23.1 Å². The van der Waals surface area contributed by atoms with Gasteiger partial charge in [-0.2, -0.15) is 21.9 Å². The molecule has 39 heavy (non-hydrogen) atoms. The highest BCUT2D eigenvalue weighted by Gasteiger charge is 2.44. The van der Waals surface area contributed by atoms with Gasteiger partial charge in [-0.3, -0.25) is 14.5 Å². The number of benzene rings is 1. The van der Waals surface area contributed by atoms with Gasteiger partial charge in [0.05, 0.1) is 22.3 Å². The van der Waals surface area contributed by atoms with Crippen LogP contribution < -0.4 is 21.9 Å². The summed E-state index contributed by atoms with van der Waals surface area (Å²) in [4.78, 5) is 37.3. The summed E-state index contributed by atoms with van der Waals surface area (Å²) >= 11 is 1.74. The number of carbonyl (C=O) groups excluding carboxylic acids is 1. The lowest BCUT2D eigenvalue weighted by Gasteiger charge is -2.23. The van der Waals surface area contributed by atoms with Crippen molar-refractivity contribution in [1.82, 2.24) is 8.75 Å². The maximum absolute atomic E-state index is 13.1. The summed E-state index contributed by atoms with van der Waals surface area (Å²) in [7, 11) is -4.16. The van der Waals surface area contributed by atoms with Gasteiger partial charge in [-0.05, 0) is 36.4 Å². The summed E-state index contributed by atoms with van der Waals surface area (Å²) in [6, 6.07) is 5.85. The van der Waals surface area contributed by atoms with Gasteiger partial charge in [0.1, 0.15) is 15.9 Å². The Bertz CT molecular complexity index is 1500. The van der Waals surface area contributed by atoms with Gasteiger partial charge in [-0.1, -0.05) is 6.07 Å².